The van der Waals surface area contributed by atoms with Gasteiger partial charge in [0.2, 0.25) is 0 Å². The van der Waals surface area contributed by atoms with Crippen LogP contribution in [0.15, 0.2) is 102 Å². The second-order valence-electron chi connectivity index (χ2n) is 7.40. The Hall–Kier alpha value is -3.26. The fourth-order valence-electron chi connectivity index (χ4n) is 3.21. The molecule has 5 nitrogen and oxygen atoms in total. The van der Waals surface area contributed by atoms with Gasteiger partial charge in [-0.05, 0) is 66.3 Å². The highest BCUT2D eigenvalue weighted by molar-refractivity contribution is 5.79. The van der Waals surface area contributed by atoms with E-state index in [0.717, 1.165) is 28.5 Å². The van der Waals surface area contributed by atoms with Crippen LogP contribution in [0.2, 0.25) is 0 Å². The predicted octanol–water partition coefficient (Wildman–Crippen LogP) is 7.04. The van der Waals surface area contributed by atoms with Crippen molar-refractivity contribution in [1.29, 1.82) is 0 Å². The number of halogens is 2. The molecule has 0 unspecified atom stereocenters. The van der Waals surface area contributed by atoms with Crippen LogP contribution < -0.4 is 4.74 Å². The topological polar surface area (TPSA) is 57.2 Å². The van der Waals surface area contributed by atoms with E-state index in [-0.39, 0.29) is 19.6 Å². The Bertz CT molecular complexity index is 966. The van der Waals surface area contributed by atoms with Crippen molar-refractivity contribution in [3.63, 3.8) is 0 Å². The zero-order valence-corrected chi connectivity index (χ0v) is 19.9. The smallest absolute Gasteiger partial charge is 0.266 e. The first-order chi connectivity index (χ1) is 17.1. The van der Waals surface area contributed by atoms with E-state index in [1.165, 1.54) is 0 Å². The van der Waals surface area contributed by atoms with Gasteiger partial charge in [-0.25, -0.2) is 4.89 Å². The highest BCUT2D eigenvalue weighted by atomic mass is 19.3. The van der Waals surface area contributed by atoms with Crippen LogP contribution >= 0.6 is 0 Å². The third-order valence-electron chi connectivity index (χ3n) is 4.87. The van der Waals surface area contributed by atoms with Gasteiger partial charge in [-0.1, -0.05) is 54.7 Å². The summed E-state index contributed by atoms with van der Waals surface area (Å²) in [5, 5.41) is 8.51. The molecule has 1 aliphatic carbocycles. The van der Waals surface area contributed by atoms with E-state index in [1.807, 2.05) is 66.8 Å². The van der Waals surface area contributed by atoms with Gasteiger partial charge in [0.05, 0.1) is 6.61 Å². The minimum atomic E-state index is -1.66. The minimum Gasteiger partial charge on any atom is -0.491 e. The van der Waals surface area contributed by atoms with Gasteiger partial charge in [0, 0.05) is 7.11 Å². The first kappa shape index (κ1) is 28.0. The van der Waals surface area contributed by atoms with Gasteiger partial charge in [0.1, 0.15) is 31.3 Å². The summed E-state index contributed by atoms with van der Waals surface area (Å²) in [6, 6.07) is 7.76. The second kappa shape index (κ2) is 17.2. The van der Waals surface area contributed by atoms with Gasteiger partial charge in [-0.15, -0.1) is 0 Å². The SMILES string of the molecule is COCCOc1ccc(C2=C(CCCC=C(F)F)/C=C/C=C(OCCOO)\C=C/C=C/C=C\2)cc1. The number of unbranched alkanes of at least 4 members (excludes halogenated alkanes) is 1. The van der Waals surface area contributed by atoms with Crippen molar-refractivity contribution >= 4 is 5.57 Å². The minimum absolute atomic E-state index is 0.0482. The van der Waals surface area contributed by atoms with Crippen molar-refractivity contribution in [2.75, 3.05) is 33.5 Å². The van der Waals surface area contributed by atoms with E-state index in [9.17, 15) is 8.78 Å². The molecule has 0 fully saturated rings. The molecule has 0 aliphatic heterocycles. The molecule has 0 atom stereocenters. The van der Waals surface area contributed by atoms with Crippen LogP contribution in [0, 0.1) is 0 Å². The average Bonchev–Trinajstić information content (AvgIpc) is 2.84. The Morgan fingerprint density at radius 3 is 2.31 bits per heavy atom. The molecular weight excluding hydrogens is 454 g/mol. The zero-order chi connectivity index (χ0) is 25.1. The second-order valence-corrected chi connectivity index (χ2v) is 7.40. The molecule has 35 heavy (non-hydrogen) atoms. The Kier molecular flexibility index (Phi) is 13.8. The lowest BCUT2D eigenvalue weighted by Crippen LogP contribution is -2.04. The normalized spacial score (nSPS) is 21.0. The zero-order valence-electron chi connectivity index (χ0n) is 19.9. The summed E-state index contributed by atoms with van der Waals surface area (Å²) in [6.45, 7) is 1.21. The molecule has 1 aromatic carbocycles. The molecule has 2 rings (SSSR count). The number of benzene rings is 1. The van der Waals surface area contributed by atoms with E-state index in [1.54, 1.807) is 19.3 Å². The molecular formula is C28H32F2O5. The lowest BCUT2D eigenvalue weighted by atomic mass is 9.95. The summed E-state index contributed by atoms with van der Waals surface area (Å²) in [5.74, 6) is 1.33. The Morgan fingerprint density at radius 2 is 1.60 bits per heavy atom. The quantitative estimate of drug-likeness (QED) is 0.184. The Labute approximate surface area is 205 Å². The molecule has 7 heteroatoms. The predicted molar refractivity (Wildman–Crippen MR) is 134 cm³/mol. The molecule has 0 aromatic heterocycles. The molecule has 0 saturated carbocycles. The number of hydrogen-bond donors (Lipinski definition) is 1. The number of methoxy groups -OCH3 is 1. The highest BCUT2D eigenvalue weighted by Crippen LogP contribution is 2.27. The van der Waals surface area contributed by atoms with Crippen LogP contribution in [0.4, 0.5) is 8.78 Å². The van der Waals surface area contributed by atoms with E-state index >= 15 is 0 Å². The van der Waals surface area contributed by atoms with Crippen molar-refractivity contribution < 1.29 is 33.1 Å². The molecule has 0 spiro atoms. The van der Waals surface area contributed by atoms with Crippen LogP contribution in [-0.2, 0) is 14.4 Å². The monoisotopic (exact) mass is 486 g/mol. The third-order valence-corrected chi connectivity index (χ3v) is 4.87. The van der Waals surface area contributed by atoms with Crippen LogP contribution in [0.25, 0.3) is 5.57 Å². The van der Waals surface area contributed by atoms with E-state index in [2.05, 4.69) is 4.89 Å². The van der Waals surface area contributed by atoms with Crippen LogP contribution in [0.1, 0.15) is 24.8 Å². The number of hydrogen-bond acceptors (Lipinski definition) is 5. The van der Waals surface area contributed by atoms with Gasteiger partial charge >= 0.3 is 0 Å². The molecule has 1 N–H and O–H groups in total. The van der Waals surface area contributed by atoms with Crippen LogP contribution in [0.5, 0.6) is 5.75 Å². The van der Waals surface area contributed by atoms with Crippen LogP contribution in [0.3, 0.4) is 0 Å². The lowest BCUT2D eigenvalue weighted by molar-refractivity contribution is -0.247. The molecule has 0 bridgehead atoms. The van der Waals surface area contributed by atoms with Crippen molar-refractivity contribution in [3.8, 4) is 5.75 Å². The molecule has 1 aliphatic rings. The maximum atomic E-state index is 12.5. The van der Waals surface area contributed by atoms with Crippen LogP contribution in [-0.4, -0.2) is 38.8 Å². The van der Waals surface area contributed by atoms with E-state index in [4.69, 9.17) is 19.5 Å². The van der Waals surface area contributed by atoms with Crippen molar-refractivity contribution in [1.82, 2.24) is 0 Å². The van der Waals surface area contributed by atoms with Gasteiger partial charge < -0.3 is 14.2 Å². The average molecular weight is 487 g/mol. The number of rotatable bonds is 13. The molecule has 188 valence electrons. The Morgan fingerprint density at radius 1 is 0.857 bits per heavy atom. The first-order valence-corrected chi connectivity index (χ1v) is 11.4. The standard InChI is InChI=1S/C28H32F2O5/c1-32-19-20-33-26-17-15-24(16-18-26)27-13-5-3-2-4-11-25(34-21-22-35-31)12-8-10-23(27)9-6-7-14-28(29)30/h2-5,8,10-18,31H,6-7,9,19-22H2,1H3/b3-2+,4-2?,5-3?,10-8+,11-4-,12-8?,13-5-,23-10?,25-11?,25-12+,27-13?,27-23+. The van der Waals surface area contributed by atoms with E-state index < -0.39 is 6.08 Å². The highest BCUT2D eigenvalue weighted by Gasteiger charge is 2.07. The third kappa shape index (κ3) is 11.6. The molecule has 1 aromatic rings. The van der Waals surface area contributed by atoms with Gasteiger partial charge in [0.15, 0.2) is 0 Å². The van der Waals surface area contributed by atoms with Gasteiger partial charge in [0.25, 0.3) is 6.08 Å². The van der Waals surface area contributed by atoms with Gasteiger partial charge in [-0.3, -0.25) is 5.26 Å². The largest absolute Gasteiger partial charge is 0.491 e. The van der Waals surface area contributed by atoms with Crippen molar-refractivity contribution in [2.45, 2.75) is 19.3 Å². The molecule has 0 radical (unpaired) electrons. The summed E-state index contributed by atoms with van der Waals surface area (Å²) < 4.78 is 41.3. The maximum absolute atomic E-state index is 12.5. The number of allylic oxidation sites excluding steroid dienone is 12. The summed E-state index contributed by atoms with van der Waals surface area (Å²) in [4.78, 5) is 4.06. The maximum Gasteiger partial charge on any atom is 0.266 e. The Balaban J connectivity index is 2.37. The fourth-order valence-corrected chi connectivity index (χ4v) is 3.21. The van der Waals surface area contributed by atoms with Gasteiger partial charge in [-0.2, -0.15) is 8.78 Å². The molecule has 0 amide bonds. The molecule has 0 saturated heterocycles. The van der Waals surface area contributed by atoms with Crippen molar-refractivity contribution in [2.24, 2.45) is 0 Å². The first-order valence-electron chi connectivity index (χ1n) is 11.4. The fraction of sp³-hybridized carbons (Fsp3) is 0.286. The summed E-state index contributed by atoms with van der Waals surface area (Å²) in [7, 11) is 1.62. The summed E-state index contributed by atoms with van der Waals surface area (Å²) in [5.41, 5.74) is 2.95. The number of ether oxygens (including phenoxy) is 3. The summed E-state index contributed by atoms with van der Waals surface area (Å²) in [6.07, 6.45) is 17.8. The summed E-state index contributed by atoms with van der Waals surface area (Å²) >= 11 is 0. The molecule has 0 heterocycles. The lowest BCUT2D eigenvalue weighted by Gasteiger charge is -2.12. The van der Waals surface area contributed by atoms with Crippen molar-refractivity contribution in [3.05, 3.63) is 108 Å². The van der Waals surface area contributed by atoms with E-state index in [0.29, 0.717) is 31.8 Å².